The molecule has 19 heavy (non-hydrogen) atoms. The summed E-state index contributed by atoms with van der Waals surface area (Å²) in [7, 11) is 0. The molecule has 0 aliphatic rings. The lowest BCUT2D eigenvalue weighted by Gasteiger charge is -2.02. The fraction of sp³-hybridized carbons (Fsp3) is 0.0588. The highest BCUT2D eigenvalue weighted by atomic mass is 35.5. The molecule has 0 unspecified atom stereocenters. The Hall–Kier alpha value is -1.99. The number of hydrogen-bond donors (Lipinski definition) is 1. The van der Waals surface area contributed by atoms with E-state index >= 15 is 0 Å². The molecule has 0 radical (unpaired) electrons. The molecule has 0 amide bonds. The van der Waals surface area contributed by atoms with Crippen LogP contribution in [0.5, 0.6) is 0 Å². The highest BCUT2D eigenvalue weighted by molar-refractivity contribution is 6.32. The van der Waals surface area contributed by atoms with Crippen molar-refractivity contribution in [3.05, 3.63) is 59.1 Å². The van der Waals surface area contributed by atoms with Crippen LogP contribution in [0.15, 0.2) is 48.5 Å². The maximum atomic E-state index is 6.15. The maximum absolute atomic E-state index is 6.15. The first-order chi connectivity index (χ1) is 9.24. The molecule has 4 rings (SSSR count). The van der Waals surface area contributed by atoms with Crippen molar-refractivity contribution in [1.29, 1.82) is 0 Å². The highest BCUT2D eigenvalue weighted by Crippen LogP contribution is 2.35. The minimum Gasteiger partial charge on any atom is -0.354 e. The van der Waals surface area contributed by atoms with Gasteiger partial charge in [0.2, 0.25) is 0 Å². The van der Waals surface area contributed by atoms with Crippen LogP contribution in [0.25, 0.3) is 32.6 Å². The van der Waals surface area contributed by atoms with Crippen molar-refractivity contribution in [3.63, 3.8) is 0 Å². The SMILES string of the molecule is Cc1cc(Cl)cc2[nH]c3ccc4ccccc4c3c12. The van der Waals surface area contributed by atoms with Gasteiger partial charge in [0.05, 0.1) is 0 Å². The zero-order valence-electron chi connectivity index (χ0n) is 10.5. The number of H-pyrrole nitrogens is 1. The molecule has 0 atom stereocenters. The van der Waals surface area contributed by atoms with E-state index in [-0.39, 0.29) is 0 Å². The number of rotatable bonds is 0. The summed E-state index contributed by atoms with van der Waals surface area (Å²) in [5, 5.41) is 5.90. The van der Waals surface area contributed by atoms with Gasteiger partial charge in [0.15, 0.2) is 0 Å². The van der Waals surface area contributed by atoms with Crippen LogP contribution in [0.3, 0.4) is 0 Å². The Morgan fingerprint density at radius 2 is 1.74 bits per heavy atom. The second kappa shape index (κ2) is 3.75. The Labute approximate surface area is 115 Å². The average Bonchev–Trinajstić information content (AvgIpc) is 2.77. The summed E-state index contributed by atoms with van der Waals surface area (Å²) in [6.07, 6.45) is 0. The number of aromatic amines is 1. The normalized spacial score (nSPS) is 11.7. The molecule has 1 aromatic heterocycles. The minimum absolute atomic E-state index is 0.779. The fourth-order valence-electron chi connectivity index (χ4n) is 2.96. The number of nitrogens with one attached hydrogen (secondary N) is 1. The van der Waals surface area contributed by atoms with Gasteiger partial charge in [-0.2, -0.15) is 0 Å². The van der Waals surface area contributed by atoms with Gasteiger partial charge in [0.1, 0.15) is 0 Å². The number of halogens is 1. The Balaban J connectivity index is 2.36. The molecule has 0 bridgehead atoms. The van der Waals surface area contributed by atoms with Crippen molar-refractivity contribution >= 4 is 44.2 Å². The largest absolute Gasteiger partial charge is 0.354 e. The van der Waals surface area contributed by atoms with Crippen molar-refractivity contribution in [2.24, 2.45) is 0 Å². The average molecular weight is 266 g/mol. The number of benzene rings is 3. The van der Waals surface area contributed by atoms with Gasteiger partial charge in [-0.25, -0.2) is 0 Å². The van der Waals surface area contributed by atoms with Gasteiger partial charge in [-0.15, -0.1) is 0 Å². The minimum atomic E-state index is 0.779. The van der Waals surface area contributed by atoms with Gasteiger partial charge in [-0.3, -0.25) is 0 Å². The number of hydrogen-bond acceptors (Lipinski definition) is 0. The third-order valence-electron chi connectivity index (χ3n) is 3.75. The molecule has 0 aliphatic carbocycles. The third kappa shape index (κ3) is 1.48. The first-order valence-corrected chi connectivity index (χ1v) is 6.71. The maximum Gasteiger partial charge on any atom is 0.0482 e. The van der Waals surface area contributed by atoms with Crippen molar-refractivity contribution in [3.8, 4) is 0 Å². The summed E-state index contributed by atoms with van der Waals surface area (Å²) in [5.74, 6) is 0. The highest BCUT2D eigenvalue weighted by Gasteiger charge is 2.10. The first kappa shape index (κ1) is 10.9. The first-order valence-electron chi connectivity index (χ1n) is 6.33. The predicted octanol–water partition coefficient (Wildman–Crippen LogP) is 5.44. The van der Waals surface area contributed by atoms with Crippen LogP contribution in [0.1, 0.15) is 5.56 Å². The van der Waals surface area contributed by atoms with Gasteiger partial charge in [0.25, 0.3) is 0 Å². The number of aromatic nitrogens is 1. The Morgan fingerprint density at radius 3 is 2.63 bits per heavy atom. The lowest BCUT2D eigenvalue weighted by molar-refractivity contribution is 1.51. The van der Waals surface area contributed by atoms with E-state index in [2.05, 4.69) is 48.3 Å². The van der Waals surface area contributed by atoms with E-state index in [1.807, 2.05) is 12.1 Å². The van der Waals surface area contributed by atoms with E-state index in [9.17, 15) is 0 Å². The summed E-state index contributed by atoms with van der Waals surface area (Å²) >= 11 is 6.15. The van der Waals surface area contributed by atoms with Crippen molar-refractivity contribution in [2.75, 3.05) is 0 Å². The van der Waals surface area contributed by atoms with Crippen LogP contribution in [0.4, 0.5) is 0 Å². The number of aryl methyl sites for hydroxylation is 1. The van der Waals surface area contributed by atoms with Crippen LogP contribution in [-0.4, -0.2) is 4.98 Å². The van der Waals surface area contributed by atoms with Gasteiger partial charge >= 0.3 is 0 Å². The lowest BCUT2D eigenvalue weighted by Crippen LogP contribution is -1.77. The summed E-state index contributed by atoms with van der Waals surface area (Å²) < 4.78 is 0. The molecular weight excluding hydrogens is 254 g/mol. The summed E-state index contributed by atoms with van der Waals surface area (Å²) in [5.41, 5.74) is 3.49. The Morgan fingerprint density at radius 1 is 0.895 bits per heavy atom. The van der Waals surface area contributed by atoms with Crippen molar-refractivity contribution in [2.45, 2.75) is 6.92 Å². The molecule has 0 saturated carbocycles. The molecule has 3 aromatic carbocycles. The monoisotopic (exact) mass is 265 g/mol. The van der Waals surface area contributed by atoms with Gasteiger partial charge < -0.3 is 4.98 Å². The zero-order valence-corrected chi connectivity index (χ0v) is 11.3. The molecule has 2 heteroatoms. The van der Waals surface area contributed by atoms with E-state index in [0.717, 1.165) is 10.5 Å². The summed E-state index contributed by atoms with van der Waals surface area (Å²) in [6, 6.07) is 16.8. The lowest BCUT2D eigenvalue weighted by atomic mass is 10.0. The molecule has 0 spiro atoms. The second-order valence-electron chi connectivity index (χ2n) is 4.98. The number of fused-ring (bicyclic) bond motifs is 5. The molecular formula is C17H12ClN. The predicted molar refractivity (Wildman–Crippen MR) is 83.1 cm³/mol. The van der Waals surface area contributed by atoms with Gasteiger partial charge in [-0.1, -0.05) is 41.9 Å². The Bertz CT molecular complexity index is 934. The Kier molecular flexibility index (Phi) is 2.15. The van der Waals surface area contributed by atoms with E-state index < -0.39 is 0 Å². The molecule has 1 heterocycles. The second-order valence-corrected chi connectivity index (χ2v) is 5.42. The van der Waals surface area contributed by atoms with E-state index in [4.69, 9.17) is 11.6 Å². The molecule has 0 aliphatic heterocycles. The standard InChI is InChI=1S/C17H12ClN/c1-10-8-12(18)9-15-16(10)17-13-5-3-2-4-11(13)6-7-14(17)19-15/h2-9,19H,1H3. The molecule has 4 aromatic rings. The summed E-state index contributed by atoms with van der Waals surface area (Å²) in [4.78, 5) is 3.47. The van der Waals surface area contributed by atoms with Crippen LogP contribution in [-0.2, 0) is 0 Å². The van der Waals surface area contributed by atoms with Crippen LogP contribution < -0.4 is 0 Å². The smallest absolute Gasteiger partial charge is 0.0482 e. The van der Waals surface area contributed by atoms with Crippen molar-refractivity contribution in [1.82, 2.24) is 4.98 Å². The molecule has 1 nitrogen and oxygen atoms in total. The van der Waals surface area contributed by atoms with E-state index in [0.29, 0.717) is 0 Å². The molecule has 0 fully saturated rings. The van der Waals surface area contributed by atoms with E-state index in [1.54, 1.807) is 0 Å². The fourth-order valence-corrected chi connectivity index (χ4v) is 3.24. The third-order valence-corrected chi connectivity index (χ3v) is 3.97. The van der Waals surface area contributed by atoms with Crippen molar-refractivity contribution < 1.29 is 0 Å². The topological polar surface area (TPSA) is 15.8 Å². The molecule has 0 saturated heterocycles. The quantitative estimate of drug-likeness (QED) is 0.436. The van der Waals surface area contributed by atoms with Crippen LogP contribution in [0.2, 0.25) is 5.02 Å². The zero-order chi connectivity index (χ0) is 13.0. The van der Waals surface area contributed by atoms with Crippen LogP contribution >= 0.6 is 11.6 Å². The van der Waals surface area contributed by atoms with E-state index in [1.165, 1.54) is 32.6 Å². The molecule has 1 N–H and O–H groups in total. The molecule has 92 valence electrons. The van der Waals surface area contributed by atoms with Gasteiger partial charge in [-0.05, 0) is 41.5 Å². The summed E-state index contributed by atoms with van der Waals surface area (Å²) in [6.45, 7) is 2.11. The van der Waals surface area contributed by atoms with Crippen LogP contribution in [0, 0.1) is 6.92 Å². The van der Waals surface area contributed by atoms with Gasteiger partial charge in [0, 0.05) is 26.8 Å².